The lowest BCUT2D eigenvalue weighted by atomic mass is 10.3. The Bertz CT molecular complexity index is 433. The molecule has 0 atom stereocenters. The molecule has 1 aromatic carbocycles. The minimum absolute atomic E-state index is 0.626. The molecule has 0 saturated heterocycles. The SMILES string of the molecule is CCCCN(CCCl)c1nc2ccccc2[nH]1. The topological polar surface area (TPSA) is 31.9 Å². The number of imidazole rings is 1. The number of anilines is 1. The van der Waals surface area contributed by atoms with Crippen molar-refractivity contribution in [1.82, 2.24) is 9.97 Å². The Kier molecular flexibility index (Phi) is 4.26. The van der Waals surface area contributed by atoms with E-state index in [1.54, 1.807) is 0 Å². The molecule has 0 aliphatic carbocycles. The summed E-state index contributed by atoms with van der Waals surface area (Å²) in [4.78, 5) is 10.2. The number of H-pyrrole nitrogens is 1. The Balaban J connectivity index is 2.21. The molecule has 1 heterocycles. The van der Waals surface area contributed by atoms with Gasteiger partial charge in [0.05, 0.1) is 11.0 Å². The van der Waals surface area contributed by atoms with Crippen LogP contribution >= 0.6 is 11.6 Å². The van der Waals surface area contributed by atoms with E-state index in [2.05, 4.69) is 21.8 Å². The van der Waals surface area contributed by atoms with Gasteiger partial charge in [-0.15, -0.1) is 11.6 Å². The average molecular weight is 252 g/mol. The van der Waals surface area contributed by atoms with Gasteiger partial charge in [0.1, 0.15) is 0 Å². The van der Waals surface area contributed by atoms with E-state index in [1.165, 1.54) is 6.42 Å². The van der Waals surface area contributed by atoms with E-state index in [9.17, 15) is 0 Å². The first-order valence-corrected chi connectivity index (χ1v) is 6.64. The Morgan fingerprint density at radius 3 is 2.82 bits per heavy atom. The van der Waals surface area contributed by atoms with E-state index >= 15 is 0 Å². The summed E-state index contributed by atoms with van der Waals surface area (Å²) in [6.07, 6.45) is 2.34. The number of benzene rings is 1. The number of hydrogen-bond acceptors (Lipinski definition) is 2. The Labute approximate surface area is 107 Å². The zero-order chi connectivity index (χ0) is 12.1. The Hall–Kier alpha value is -1.22. The monoisotopic (exact) mass is 251 g/mol. The van der Waals surface area contributed by atoms with Gasteiger partial charge in [0, 0.05) is 19.0 Å². The summed E-state index contributed by atoms with van der Waals surface area (Å²) in [5.41, 5.74) is 2.09. The van der Waals surface area contributed by atoms with Gasteiger partial charge >= 0.3 is 0 Å². The van der Waals surface area contributed by atoms with Crippen molar-refractivity contribution < 1.29 is 0 Å². The van der Waals surface area contributed by atoms with Gasteiger partial charge in [-0.2, -0.15) is 0 Å². The first kappa shape index (κ1) is 12.2. The summed E-state index contributed by atoms with van der Waals surface area (Å²) in [5.74, 6) is 1.56. The van der Waals surface area contributed by atoms with Crippen molar-refractivity contribution in [2.75, 3.05) is 23.9 Å². The quantitative estimate of drug-likeness (QED) is 0.798. The summed E-state index contributed by atoms with van der Waals surface area (Å²) in [5, 5.41) is 0. The smallest absolute Gasteiger partial charge is 0.203 e. The molecule has 2 aromatic rings. The van der Waals surface area contributed by atoms with Crippen LogP contribution in [0.25, 0.3) is 11.0 Å². The number of aromatic amines is 1. The van der Waals surface area contributed by atoms with E-state index in [-0.39, 0.29) is 0 Å². The van der Waals surface area contributed by atoms with Crippen LogP contribution in [0.3, 0.4) is 0 Å². The Morgan fingerprint density at radius 1 is 1.29 bits per heavy atom. The highest BCUT2D eigenvalue weighted by Gasteiger charge is 2.09. The highest BCUT2D eigenvalue weighted by atomic mass is 35.5. The number of nitrogens with zero attached hydrogens (tertiary/aromatic N) is 2. The number of alkyl halides is 1. The minimum Gasteiger partial charge on any atom is -0.341 e. The molecule has 0 radical (unpaired) electrons. The normalized spacial score (nSPS) is 10.9. The highest BCUT2D eigenvalue weighted by molar-refractivity contribution is 6.18. The van der Waals surface area contributed by atoms with Crippen LogP contribution in [0.5, 0.6) is 0 Å². The van der Waals surface area contributed by atoms with E-state index < -0.39 is 0 Å². The molecule has 0 aliphatic heterocycles. The second kappa shape index (κ2) is 5.92. The molecule has 1 aromatic heterocycles. The molecule has 92 valence electrons. The second-order valence-corrected chi connectivity index (χ2v) is 4.49. The minimum atomic E-state index is 0.626. The van der Waals surface area contributed by atoms with Gasteiger partial charge in [-0.25, -0.2) is 4.98 Å². The number of para-hydroxylation sites is 2. The van der Waals surface area contributed by atoms with Crippen molar-refractivity contribution >= 4 is 28.6 Å². The predicted octanol–water partition coefficient (Wildman–Crippen LogP) is 3.41. The number of fused-ring (bicyclic) bond motifs is 1. The largest absolute Gasteiger partial charge is 0.341 e. The number of hydrogen-bond donors (Lipinski definition) is 1. The van der Waals surface area contributed by atoms with Crippen molar-refractivity contribution in [3.05, 3.63) is 24.3 Å². The molecule has 0 spiro atoms. The molecule has 17 heavy (non-hydrogen) atoms. The maximum Gasteiger partial charge on any atom is 0.203 e. The van der Waals surface area contributed by atoms with Crippen LogP contribution in [0.2, 0.25) is 0 Å². The number of unbranched alkanes of at least 4 members (excludes halogenated alkanes) is 1. The van der Waals surface area contributed by atoms with Gasteiger partial charge in [0.25, 0.3) is 0 Å². The molecule has 0 saturated carbocycles. The van der Waals surface area contributed by atoms with Crippen molar-refractivity contribution in [1.29, 1.82) is 0 Å². The summed E-state index contributed by atoms with van der Waals surface area (Å²) < 4.78 is 0. The van der Waals surface area contributed by atoms with Crippen molar-refractivity contribution in [3.63, 3.8) is 0 Å². The molecule has 0 aliphatic rings. The summed E-state index contributed by atoms with van der Waals surface area (Å²) in [6, 6.07) is 8.09. The number of halogens is 1. The third-order valence-corrected chi connectivity index (χ3v) is 2.98. The molecular formula is C13H18ClN3. The first-order valence-electron chi connectivity index (χ1n) is 6.10. The van der Waals surface area contributed by atoms with Crippen LogP contribution in [-0.4, -0.2) is 28.9 Å². The fourth-order valence-corrected chi connectivity index (χ4v) is 2.07. The van der Waals surface area contributed by atoms with Gasteiger partial charge in [0.2, 0.25) is 5.95 Å². The van der Waals surface area contributed by atoms with Gasteiger partial charge in [-0.3, -0.25) is 0 Å². The van der Waals surface area contributed by atoms with Crippen LogP contribution in [0.1, 0.15) is 19.8 Å². The van der Waals surface area contributed by atoms with Gasteiger partial charge in [-0.1, -0.05) is 25.5 Å². The second-order valence-electron chi connectivity index (χ2n) is 4.11. The zero-order valence-corrected chi connectivity index (χ0v) is 10.9. The fraction of sp³-hybridized carbons (Fsp3) is 0.462. The summed E-state index contributed by atoms with van der Waals surface area (Å²) in [7, 11) is 0. The van der Waals surface area contributed by atoms with Crippen molar-refractivity contribution in [2.45, 2.75) is 19.8 Å². The molecule has 1 N–H and O–H groups in total. The lowest BCUT2D eigenvalue weighted by Gasteiger charge is -2.20. The first-order chi connectivity index (χ1) is 8.35. The lowest BCUT2D eigenvalue weighted by Crippen LogP contribution is -2.27. The van der Waals surface area contributed by atoms with E-state index in [0.717, 1.165) is 36.5 Å². The lowest BCUT2D eigenvalue weighted by molar-refractivity contribution is 0.720. The Morgan fingerprint density at radius 2 is 2.12 bits per heavy atom. The van der Waals surface area contributed by atoms with E-state index in [0.29, 0.717) is 5.88 Å². The third kappa shape index (κ3) is 2.91. The van der Waals surface area contributed by atoms with Crippen LogP contribution in [0.4, 0.5) is 5.95 Å². The molecule has 2 rings (SSSR count). The molecule has 3 nitrogen and oxygen atoms in total. The molecule has 0 amide bonds. The zero-order valence-electron chi connectivity index (χ0n) is 10.1. The number of nitrogens with one attached hydrogen (secondary N) is 1. The summed E-state index contributed by atoms with van der Waals surface area (Å²) >= 11 is 5.84. The van der Waals surface area contributed by atoms with Crippen molar-refractivity contribution in [2.24, 2.45) is 0 Å². The van der Waals surface area contributed by atoms with Crippen molar-refractivity contribution in [3.8, 4) is 0 Å². The van der Waals surface area contributed by atoms with Crippen LogP contribution in [0, 0.1) is 0 Å². The van der Waals surface area contributed by atoms with Gasteiger partial charge in [0.15, 0.2) is 0 Å². The maximum absolute atomic E-state index is 5.84. The fourth-order valence-electron chi connectivity index (χ4n) is 1.86. The number of aromatic nitrogens is 2. The number of rotatable bonds is 6. The predicted molar refractivity (Wildman–Crippen MR) is 73.9 cm³/mol. The van der Waals surface area contributed by atoms with Gasteiger partial charge < -0.3 is 9.88 Å². The molecular weight excluding hydrogens is 234 g/mol. The third-order valence-electron chi connectivity index (χ3n) is 2.81. The average Bonchev–Trinajstić information content (AvgIpc) is 2.78. The maximum atomic E-state index is 5.84. The molecule has 0 bridgehead atoms. The summed E-state index contributed by atoms with van der Waals surface area (Å²) in [6.45, 7) is 4.03. The standard InChI is InChI=1S/C13H18ClN3/c1-2-3-9-17(10-8-14)13-15-11-6-4-5-7-12(11)16-13/h4-7H,2-3,8-10H2,1H3,(H,15,16). The highest BCUT2D eigenvalue weighted by Crippen LogP contribution is 2.17. The molecule has 0 unspecified atom stereocenters. The molecule has 4 heteroatoms. The molecule has 0 fully saturated rings. The van der Waals surface area contributed by atoms with Crippen LogP contribution in [-0.2, 0) is 0 Å². The van der Waals surface area contributed by atoms with E-state index in [1.807, 2.05) is 24.3 Å². The van der Waals surface area contributed by atoms with Crippen LogP contribution in [0.15, 0.2) is 24.3 Å². The van der Waals surface area contributed by atoms with Crippen LogP contribution < -0.4 is 4.90 Å². The van der Waals surface area contributed by atoms with Gasteiger partial charge in [-0.05, 0) is 18.6 Å². The van der Waals surface area contributed by atoms with E-state index in [4.69, 9.17) is 11.6 Å².